The van der Waals surface area contributed by atoms with Crippen molar-refractivity contribution in [1.82, 2.24) is 0 Å². The number of phenols is 1. The molecular formula is C74H92N2O20. The summed E-state index contributed by atoms with van der Waals surface area (Å²) < 4.78 is 40.9. The first-order chi connectivity index (χ1) is 46.2. The number of phenolic OH excluding ortho intramolecular Hbond substituents is 1. The molecule has 96 heavy (non-hydrogen) atoms. The van der Waals surface area contributed by atoms with Crippen LogP contribution in [0, 0.1) is 13.8 Å². The predicted molar refractivity (Wildman–Crippen MR) is 353 cm³/mol. The highest BCUT2D eigenvalue weighted by Crippen LogP contribution is 2.56. The summed E-state index contributed by atoms with van der Waals surface area (Å²) in [4.78, 5) is 0. The molecule has 6 aromatic rings. The van der Waals surface area contributed by atoms with Gasteiger partial charge in [0.25, 0.3) is 0 Å². The highest BCUT2D eigenvalue weighted by molar-refractivity contribution is 5.62. The largest absolute Gasteiger partial charge is 0.507 e. The second kappa shape index (κ2) is 29.4. The summed E-state index contributed by atoms with van der Waals surface area (Å²) in [5.74, 6) is 3.39. The number of aryl methyl sites for hydroxylation is 2. The summed E-state index contributed by atoms with van der Waals surface area (Å²) >= 11 is 0. The Morgan fingerprint density at radius 1 is 0.490 bits per heavy atom. The lowest BCUT2D eigenvalue weighted by Gasteiger charge is -2.40. The molecule has 518 valence electrons. The fraction of sp³-hybridized carbons (Fsp3) is 0.514. The Hall–Kier alpha value is -6.68. The van der Waals surface area contributed by atoms with Crippen LogP contribution in [0.3, 0.4) is 0 Å². The van der Waals surface area contributed by atoms with E-state index in [2.05, 4.69) is 47.9 Å². The summed E-state index contributed by atoms with van der Waals surface area (Å²) in [7, 11) is 0. The minimum Gasteiger partial charge on any atom is -0.507 e. The number of benzene rings is 6. The molecule has 0 radical (unpaired) electrons. The van der Waals surface area contributed by atoms with Gasteiger partial charge in [-0.3, -0.25) is 0 Å². The Kier molecular flexibility index (Phi) is 21.2. The Morgan fingerprint density at radius 3 is 1.62 bits per heavy atom. The van der Waals surface area contributed by atoms with Gasteiger partial charge in [-0.25, -0.2) is 0 Å². The van der Waals surface area contributed by atoms with Crippen molar-refractivity contribution in [3.63, 3.8) is 0 Å². The van der Waals surface area contributed by atoms with Crippen molar-refractivity contribution in [3.8, 4) is 28.7 Å². The van der Waals surface area contributed by atoms with Crippen molar-refractivity contribution >= 4 is 11.4 Å². The highest BCUT2D eigenvalue weighted by Gasteiger charge is 2.49. The molecule has 15 atom stereocenters. The average molecular weight is 1330 g/mol. The lowest BCUT2D eigenvalue weighted by molar-refractivity contribution is -0.232. The van der Waals surface area contributed by atoms with E-state index in [4.69, 9.17) is 33.2 Å². The van der Waals surface area contributed by atoms with Crippen molar-refractivity contribution in [2.45, 2.75) is 188 Å². The minimum absolute atomic E-state index is 0.0405. The number of rotatable bonds is 14. The third-order valence-corrected chi connectivity index (χ3v) is 20.6. The van der Waals surface area contributed by atoms with E-state index in [0.717, 1.165) is 119 Å². The first kappa shape index (κ1) is 69.2. The average Bonchev–Trinajstić information content (AvgIpc) is 1.58. The molecule has 6 aliphatic heterocycles. The number of aliphatic hydroxyl groups is 12. The lowest BCUT2D eigenvalue weighted by atomic mass is 9.86. The molecule has 0 bridgehead atoms. The highest BCUT2D eigenvalue weighted by atomic mass is 16.6. The molecule has 3 saturated heterocycles. The number of anilines is 2. The molecule has 6 aromatic carbocycles. The Balaban J connectivity index is 0.000000138. The summed E-state index contributed by atoms with van der Waals surface area (Å²) in [5.41, 5.74) is 13.1. The summed E-state index contributed by atoms with van der Waals surface area (Å²) in [6.07, 6.45) is -8.32. The molecule has 0 unspecified atom stereocenters. The zero-order valence-electron chi connectivity index (χ0n) is 54.4. The van der Waals surface area contributed by atoms with Crippen molar-refractivity contribution in [2.24, 2.45) is 0 Å². The molecule has 22 heteroatoms. The maximum absolute atomic E-state index is 11.0. The molecular weight excluding hydrogens is 1240 g/mol. The van der Waals surface area contributed by atoms with Crippen LogP contribution >= 0.6 is 0 Å². The second-order valence-corrected chi connectivity index (χ2v) is 27.1. The first-order valence-electron chi connectivity index (χ1n) is 33.6. The number of fused-ring (bicyclic) bond motifs is 4. The van der Waals surface area contributed by atoms with E-state index in [0.29, 0.717) is 48.2 Å². The fourth-order valence-electron chi connectivity index (χ4n) is 14.7. The third kappa shape index (κ3) is 14.3. The van der Waals surface area contributed by atoms with Crippen LogP contribution < -0.4 is 29.6 Å². The number of hydrogen-bond acceptors (Lipinski definition) is 22. The van der Waals surface area contributed by atoms with Crippen molar-refractivity contribution in [2.75, 3.05) is 63.4 Å². The molecule has 0 amide bonds. The van der Waals surface area contributed by atoms with Gasteiger partial charge in [0.05, 0.1) is 51.0 Å². The number of hydrogen-bond donors (Lipinski definition) is 15. The van der Waals surface area contributed by atoms with Gasteiger partial charge in [-0.05, 0) is 165 Å². The van der Waals surface area contributed by atoms with E-state index in [-0.39, 0.29) is 11.4 Å². The molecule has 2 aliphatic carbocycles. The van der Waals surface area contributed by atoms with Crippen LogP contribution in [0.2, 0.25) is 0 Å². The van der Waals surface area contributed by atoms with Crippen LogP contribution in [-0.4, -0.2) is 198 Å². The van der Waals surface area contributed by atoms with Crippen LogP contribution in [0.4, 0.5) is 11.4 Å². The molecule has 14 rings (SSSR count). The quantitative estimate of drug-likeness (QED) is 0.0694. The maximum atomic E-state index is 11.0. The Bertz CT molecular complexity index is 3670. The molecule has 2 saturated carbocycles. The minimum atomic E-state index is -1.50. The molecule has 8 aliphatic rings. The Labute approximate surface area is 558 Å². The van der Waals surface area contributed by atoms with Gasteiger partial charge < -0.3 is 110 Å². The lowest BCUT2D eigenvalue weighted by Crippen LogP contribution is -2.55. The number of aliphatic hydroxyl groups excluding tert-OH is 12. The van der Waals surface area contributed by atoms with Crippen LogP contribution in [0.1, 0.15) is 137 Å². The van der Waals surface area contributed by atoms with E-state index < -0.39 is 111 Å². The molecule has 5 fully saturated rings. The zero-order chi connectivity index (χ0) is 67.7. The third-order valence-electron chi connectivity index (χ3n) is 20.6. The van der Waals surface area contributed by atoms with Gasteiger partial charge in [-0.2, -0.15) is 0 Å². The van der Waals surface area contributed by atoms with E-state index in [9.17, 15) is 66.4 Å². The summed E-state index contributed by atoms with van der Waals surface area (Å²) in [5, 5.41) is 138. The Morgan fingerprint density at radius 2 is 1.01 bits per heavy atom. The molecule has 15 N–H and O–H groups in total. The molecule has 2 spiro atoms. The smallest absolute Gasteiger partial charge is 0.143 e. The summed E-state index contributed by atoms with van der Waals surface area (Å²) in [6.45, 7) is 7.92. The molecule has 22 nitrogen and oxygen atoms in total. The second-order valence-electron chi connectivity index (χ2n) is 27.1. The van der Waals surface area contributed by atoms with Gasteiger partial charge in [0.2, 0.25) is 0 Å². The van der Waals surface area contributed by atoms with Crippen LogP contribution in [0.15, 0.2) is 103 Å². The zero-order valence-corrected chi connectivity index (χ0v) is 54.4. The van der Waals surface area contributed by atoms with Crippen LogP contribution in [0.25, 0.3) is 0 Å². The SMILES string of the molecule is CCOc1ccc([C@@H]2O[C@H](CO)[C@@H](O)[C@H](O)[C@H]2O)cc1Cc1ccc2c(c1)NCC1(CCCC1)O2.Cc1ccc([C@@H]2O[C@H](CO)[C@@H](O)[C@H](O)[C@H]2O)c(O)c1Cc1ccc2c(c1)NCCO2.Cc1ccc([C@@H]2O[C@H](CO)[C@@H](O)[C@H](O)[C@H]2O)cc1Cc1ccc2c(c1)C1(CCO2)CC1. The maximum Gasteiger partial charge on any atom is 0.143 e. The van der Waals surface area contributed by atoms with Gasteiger partial charge in [0, 0.05) is 41.5 Å². The normalized spacial score (nSPS) is 29.6. The standard InChI is InChI=1S/C27H35NO7.C25H30O6.C22H27NO7/c1-2-33-20-8-6-17(26-25(32)24(31)23(30)22(14-29)34-26)13-18(20)11-16-5-7-21-19(12-16)28-15-27(35-21)9-3-4-10-27;1-14-2-4-16(24-23(29)22(28)21(27)20(13-26)31-24)12-17(14)10-15-3-5-19-18(11-15)25(6-7-25)8-9-30-19;1-11-2-4-13(22-21(28)20(27)19(26)17(10-24)30-22)18(25)14(11)8-12-3-5-16-15(9-12)23-6-7-29-16/h5-8,12-13,22-26,28-32H,2-4,9-11,14-15H2,1H3;2-5,11-12,20-24,26-29H,6-10,13H2,1H3;2-5,9,17,19-28H,6-8,10H2,1H3/t22-,23-,24+,25-,26+;20-,21-,22+,23-,24+;17-,19-,20+,21-,22+/m111/s1. The van der Waals surface area contributed by atoms with Crippen molar-refractivity contribution in [3.05, 3.63) is 170 Å². The predicted octanol–water partition coefficient (Wildman–Crippen LogP) is 4.83. The van der Waals surface area contributed by atoms with E-state index >= 15 is 0 Å². The molecule has 6 heterocycles. The van der Waals surface area contributed by atoms with Gasteiger partial charge in [0.1, 0.15) is 133 Å². The van der Waals surface area contributed by atoms with E-state index in [1.807, 2.05) is 74.5 Å². The number of aromatic hydroxyl groups is 1. The van der Waals surface area contributed by atoms with Gasteiger partial charge >= 0.3 is 0 Å². The summed E-state index contributed by atoms with van der Waals surface area (Å²) in [6, 6.07) is 33.3. The van der Waals surface area contributed by atoms with Crippen molar-refractivity contribution < 1.29 is 99.5 Å². The topological polar surface area (TPSA) is 352 Å². The van der Waals surface area contributed by atoms with Crippen LogP contribution in [0.5, 0.6) is 28.7 Å². The van der Waals surface area contributed by atoms with E-state index in [1.165, 1.54) is 36.8 Å². The van der Waals surface area contributed by atoms with Gasteiger partial charge in [-0.1, -0.05) is 60.7 Å². The fourth-order valence-corrected chi connectivity index (χ4v) is 14.7. The van der Waals surface area contributed by atoms with Crippen molar-refractivity contribution in [1.29, 1.82) is 0 Å². The monoisotopic (exact) mass is 1330 g/mol. The first-order valence-corrected chi connectivity index (χ1v) is 33.6. The van der Waals surface area contributed by atoms with Gasteiger partial charge in [-0.15, -0.1) is 0 Å². The number of nitrogens with one attached hydrogen (secondary N) is 2. The number of ether oxygens (including phenoxy) is 7. The van der Waals surface area contributed by atoms with Crippen LogP contribution in [-0.2, 0) is 38.9 Å². The van der Waals surface area contributed by atoms with Gasteiger partial charge in [0.15, 0.2) is 0 Å². The molecule has 0 aromatic heterocycles. The van der Waals surface area contributed by atoms with E-state index in [1.54, 1.807) is 12.1 Å².